The molecule has 0 spiro atoms. The summed E-state index contributed by atoms with van der Waals surface area (Å²) in [7, 11) is 0. The molecule has 2 aromatic rings. The van der Waals surface area contributed by atoms with Crippen molar-refractivity contribution in [2.45, 2.75) is 109 Å². The lowest BCUT2D eigenvalue weighted by molar-refractivity contribution is -0.134. The van der Waals surface area contributed by atoms with E-state index < -0.39 is 0 Å². The van der Waals surface area contributed by atoms with Crippen LogP contribution in [0.1, 0.15) is 103 Å². The molecule has 37 heavy (non-hydrogen) atoms. The largest absolute Gasteiger partial charge is 0.378 e. The zero-order chi connectivity index (χ0) is 25.6. The highest BCUT2D eigenvalue weighted by Crippen LogP contribution is 2.39. The molecule has 1 amide bonds. The number of para-hydroxylation sites is 1. The molecule has 1 aliphatic heterocycles. The molecule has 6 nitrogen and oxygen atoms in total. The van der Waals surface area contributed by atoms with Gasteiger partial charge in [-0.1, -0.05) is 45.1 Å². The third kappa shape index (κ3) is 6.00. The summed E-state index contributed by atoms with van der Waals surface area (Å²) in [4.78, 5) is 23.5. The SMILES string of the molecule is CCCC1CCC(c2nc3c(N4CCOCC4)cccc3n2CCC(=O)N(CC)C2CCCCC2)CC1. The maximum Gasteiger partial charge on any atom is 0.224 e. The maximum absolute atomic E-state index is 13.5. The van der Waals surface area contributed by atoms with Crippen LogP contribution in [0, 0.1) is 5.92 Å². The summed E-state index contributed by atoms with van der Waals surface area (Å²) in [6.45, 7) is 9.38. The molecule has 3 aliphatic rings. The lowest BCUT2D eigenvalue weighted by atomic mass is 9.79. The Kier molecular flexibility index (Phi) is 9.06. The van der Waals surface area contributed by atoms with Crippen molar-refractivity contribution in [3.63, 3.8) is 0 Å². The minimum absolute atomic E-state index is 0.318. The molecule has 0 atom stereocenters. The molecule has 2 aliphatic carbocycles. The number of nitrogens with zero attached hydrogens (tertiary/aromatic N) is 4. The van der Waals surface area contributed by atoms with Gasteiger partial charge in [-0.2, -0.15) is 0 Å². The second kappa shape index (κ2) is 12.6. The lowest BCUT2D eigenvalue weighted by Gasteiger charge is -2.34. The van der Waals surface area contributed by atoms with E-state index in [9.17, 15) is 4.79 Å². The van der Waals surface area contributed by atoms with Crippen molar-refractivity contribution < 1.29 is 9.53 Å². The molecule has 0 radical (unpaired) electrons. The van der Waals surface area contributed by atoms with Crippen molar-refractivity contribution in [2.75, 3.05) is 37.7 Å². The van der Waals surface area contributed by atoms with E-state index >= 15 is 0 Å². The zero-order valence-electron chi connectivity index (χ0n) is 23.3. The normalized spacial score (nSPS) is 23.5. The monoisotopic (exact) mass is 508 g/mol. The number of anilines is 1. The van der Waals surface area contributed by atoms with Crippen molar-refractivity contribution in [3.05, 3.63) is 24.0 Å². The van der Waals surface area contributed by atoms with Crippen LogP contribution < -0.4 is 4.90 Å². The van der Waals surface area contributed by atoms with Gasteiger partial charge in [0.2, 0.25) is 5.91 Å². The molecule has 0 unspecified atom stereocenters. The smallest absolute Gasteiger partial charge is 0.224 e. The number of ether oxygens (including phenoxy) is 1. The van der Waals surface area contributed by atoms with Crippen LogP contribution in [0.3, 0.4) is 0 Å². The predicted molar refractivity (Wildman–Crippen MR) is 151 cm³/mol. The average Bonchev–Trinajstić information content (AvgIpc) is 3.32. The molecule has 204 valence electrons. The number of benzene rings is 1. The van der Waals surface area contributed by atoms with Crippen molar-refractivity contribution in [2.24, 2.45) is 5.92 Å². The summed E-state index contributed by atoms with van der Waals surface area (Å²) in [6, 6.07) is 7.06. The van der Waals surface area contributed by atoms with Gasteiger partial charge >= 0.3 is 0 Å². The first-order valence-electron chi connectivity index (χ1n) is 15.3. The number of carbonyl (C=O) groups excluding carboxylic acids is 1. The Hall–Kier alpha value is -2.08. The Balaban J connectivity index is 1.41. The van der Waals surface area contributed by atoms with Gasteiger partial charge in [-0.3, -0.25) is 4.79 Å². The second-order valence-electron chi connectivity index (χ2n) is 11.6. The number of carbonyl (C=O) groups is 1. The van der Waals surface area contributed by atoms with Gasteiger partial charge in [0.1, 0.15) is 11.3 Å². The van der Waals surface area contributed by atoms with Crippen molar-refractivity contribution in [1.29, 1.82) is 0 Å². The molecule has 0 N–H and O–H groups in total. The summed E-state index contributed by atoms with van der Waals surface area (Å²) in [5, 5.41) is 0. The van der Waals surface area contributed by atoms with Crippen molar-refractivity contribution in [1.82, 2.24) is 14.5 Å². The number of fused-ring (bicyclic) bond motifs is 1. The molecule has 6 heteroatoms. The van der Waals surface area contributed by atoms with Crippen LogP contribution in [0.25, 0.3) is 11.0 Å². The van der Waals surface area contributed by atoms with Gasteiger partial charge in [0.25, 0.3) is 0 Å². The first-order chi connectivity index (χ1) is 18.2. The molecule has 0 bridgehead atoms. The molecular formula is C31H48N4O2. The van der Waals surface area contributed by atoms with Crippen molar-refractivity contribution in [3.8, 4) is 0 Å². The molecule has 1 aromatic carbocycles. The van der Waals surface area contributed by atoms with Crippen molar-refractivity contribution >= 4 is 22.6 Å². The van der Waals surface area contributed by atoms with Gasteiger partial charge in [0.15, 0.2) is 0 Å². The quantitative estimate of drug-likeness (QED) is 0.387. The van der Waals surface area contributed by atoms with E-state index in [0.717, 1.165) is 50.8 Å². The Morgan fingerprint density at radius 2 is 1.78 bits per heavy atom. The molecule has 2 heterocycles. The first-order valence-corrected chi connectivity index (χ1v) is 15.3. The molecule has 2 saturated carbocycles. The van der Waals surface area contributed by atoms with E-state index in [-0.39, 0.29) is 0 Å². The number of imidazole rings is 1. The Bertz CT molecular complexity index is 1010. The van der Waals surface area contributed by atoms with Gasteiger partial charge < -0.3 is 19.1 Å². The highest BCUT2D eigenvalue weighted by molar-refractivity contribution is 5.90. The molecule has 5 rings (SSSR count). The highest BCUT2D eigenvalue weighted by atomic mass is 16.5. The summed E-state index contributed by atoms with van der Waals surface area (Å²) in [5.41, 5.74) is 3.54. The summed E-state index contributed by atoms with van der Waals surface area (Å²) < 4.78 is 8.05. The number of hydrogen-bond acceptors (Lipinski definition) is 4. The van der Waals surface area contributed by atoms with Gasteiger partial charge in [0, 0.05) is 44.6 Å². The van der Waals surface area contributed by atoms with Crippen LogP contribution in [0.15, 0.2) is 18.2 Å². The van der Waals surface area contributed by atoms with E-state index in [0.29, 0.717) is 24.3 Å². The Morgan fingerprint density at radius 1 is 1.03 bits per heavy atom. The summed E-state index contributed by atoms with van der Waals surface area (Å²) >= 11 is 0. The van der Waals surface area contributed by atoms with E-state index in [1.54, 1.807) is 0 Å². The van der Waals surface area contributed by atoms with Crippen LogP contribution in [-0.4, -0.2) is 59.2 Å². The third-order valence-electron chi connectivity index (χ3n) is 9.27. The highest BCUT2D eigenvalue weighted by Gasteiger charge is 2.29. The van der Waals surface area contributed by atoms with Crippen LogP contribution >= 0.6 is 0 Å². The first kappa shape index (κ1) is 26.5. The van der Waals surface area contributed by atoms with Gasteiger partial charge in [-0.25, -0.2) is 4.98 Å². The third-order valence-corrected chi connectivity index (χ3v) is 9.27. The molecular weight excluding hydrogens is 460 g/mol. The fourth-order valence-corrected chi connectivity index (χ4v) is 7.26. The minimum Gasteiger partial charge on any atom is -0.378 e. The number of amides is 1. The average molecular weight is 509 g/mol. The van der Waals surface area contributed by atoms with Crippen LogP contribution in [0.4, 0.5) is 5.69 Å². The van der Waals surface area contributed by atoms with Crippen LogP contribution in [-0.2, 0) is 16.1 Å². The molecule has 1 aromatic heterocycles. The van der Waals surface area contributed by atoms with E-state index in [2.05, 4.69) is 46.4 Å². The van der Waals surface area contributed by atoms with E-state index in [1.165, 1.54) is 87.7 Å². The second-order valence-corrected chi connectivity index (χ2v) is 11.6. The van der Waals surface area contributed by atoms with Gasteiger partial charge in [0.05, 0.1) is 24.4 Å². The fourth-order valence-electron chi connectivity index (χ4n) is 7.26. The molecule has 1 saturated heterocycles. The standard InChI is InChI=1S/C31H48N4O2/c1-3-9-24-14-16-25(17-15-24)31-32-30-27(33-20-22-37-23-21-33)12-8-13-28(30)35(31)19-18-29(36)34(4-2)26-10-6-5-7-11-26/h8,12-13,24-26H,3-7,9-11,14-23H2,1-2H3. The van der Waals surface area contributed by atoms with E-state index in [4.69, 9.17) is 9.72 Å². The number of hydrogen-bond donors (Lipinski definition) is 0. The van der Waals surface area contributed by atoms with Crippen LogP contribution in [0.5, 0.6) is 0 Å². The topological polar surface area (TPSA) is 50.6 Å². The predicted octanol–water partition coefficient (Wildman–Crippen LogP) is 6.52. The number of morpholine rings is 1. The zero-order valence-corrected chi connectivity index (χ0v) is 23.3. The summed E-state index contributed by atoms with van der Waals surface area (Å²) in [5.74, 6) is 2.91. The molecule has 3 fully saturated rings. The Labute approximate surface area is 223 Å². The fraction of sp³-hybridized carbons (Fsp3) is 0.742. The lowest BCUT2D eigenvalue weighted by Crippen LogP contribution is -2.41. The minimum atomic E-state index is 0.318. The number of aryl methyl sites for hydroxylation is 1. The number of aromatic nitrogens is 2. The van der Waals surface area contributed by atoms with Crippen LogP contribution in [0.2, 0.25) is 0 Å². The van der Waals surface area contributed by atoms with Gasteiger partial charge in [-0.15, -0.1) is 0 Å². The summed E-state index contributed by atoms with van der Waals surface area (Å²) in [6.07, 6.45) is 14.4. The Morgan fingerprint density at radius 3 is 2.49 bits per heavy atom. The van der Waals surface area contributed by atoms with Gasteiger partial charge in [-0.05, 0) is 63.5 Å². The number of rotatable bonds is 9. The maximum atomic E-state index is 13.5. The van der Waals surface area contributed by atoms with E-state index in [1.807, 2.05) is 0 Å².